The van der Waals surface area contributed by atoms with Crippen LogP contribution in [0.4, 0.5) is 11.4 Å². The van der Waals surface area contributed by atoms with Gasteiger partial charge >= 0.3 is 0 Å². The Morgan fingerprint density at radius 3 is 1.96 bits per heavy atom. The summed E-state index contributed by atoms with van der Waals surface area (Å²) < 4.78 is 25.3. The minimum atomic E-state index is -3.83. The van der Waals surface area contributed by atoms with Crippen LogP contribution in [0.25, 0.3) is 0 Å². The number of hydrogen-bond donors (Lipinski definition) is 2. The monoisotopic (exact) mass is 414 g/mol. The molecule has 0 aliphatic heterocycles. The zero-order valence-electron chi connectivity index (χ0n) is 14.3. The molecule has 0 aromatic heterocycles. The summed E-state index contributed by atoms with van der Waals surface area (Å²) >= 11 is 4.24. The average molecular weight is 414 g/mol. The van der Waals surface area contributed by atoms with E-state index in [1.807, 2.05) is 0 Å². The zero-order valence-corrected chi connectivity index (χ0v) is 16.0. The molecule has 0 heterocycles. The van der Waals surface area contributed by atoms with Gasteiger partial charge in [-0.2, -0.15) is 0 Å². The molecule has 3 rings (SSSR count). The molecule has 3 aromatic carbocycles. The number of rotatable bonds is 5. The fraction of sp³-hybridized carbons (Fsp3) is 0. The quantitative estimate of drug-likeness (QED) is 0.373. The van der Waals surface area contributed by atoms with Crippen molar-refractivity contribution >= 4 is 39.7 Å². The lowest BCUT2D eigenvalue weighted by molar-refractivity contribution is -0.384. The molecule has 0 aliphatic carbocycles. The van der Waals surface area contributed by atoms with Crippen molar-refractivity contribution in [3.8, 4) is 0 Å². The fourth-order valence-corrected chi connectivity index (χ4v) is 3.99. The van der Waals surface area contributed by atoms with Crippen molar-refractivity contribution in [2.45, 2.75) is 14.7 Å². The highest BCUT2D eigenvalue weighted by atomic mass is 32.2. The number of nitrogens with zero attached hydrogens (tertiary/aromatic N) is 1. The summed E-state index contributed by atoms with van der Waals surface area (Å²) in [6.45, 7) is 0. The second kappa shape index (κ2) is 7.83. The van der Waals surface area contributed by atoms with Gasteiger partial charge in [0.1, 0.15) is 0 Å². The molecule has 0 unspecified atom stereocenters. The average Bonchev–Trinajstić information content (AvgIpc) is 2.68. The maximum atomic E-state index is 12.6. The van der Waals surface area contributed by atoms with E-state index in [0.29, 0.717) is 16.1 Å². The number of nitrogens with one attached hydrogen (secondary N) is 1. The Morgan fingerprint density at radius 1 is 0.893 bits per heavy atom. The van der Waals surface area contributed by atoms with Crippen LogP contribution in [-0.4, -0.2) is 19.2 Å². The van der Waals surface area contributed by atoms with E-state index in [4.69, 9.17) is 0 Å². The van der Waals surface area contributed by atoms with E-state index < -0.39 is 14.8 Å². The molecule has 0 spiro atoms. The van der Waals surface area contributed by atoms with E-state index in [-0.39, 0.29) is 21.4 Å². The maximum absolute atomic E-state index is 12.6. The number of carbonyl (C=O) groups is 1. The predicted octanol–water partition coefficient (Wildman–Crippen LogP) is 3.97. The lowest BCUT2D eigenvalue weighted by Gasteiger charge is -2.09. The third-order valence-corrected chi connectivity index (χ3v) is 6.10. The van der Waals surface area contributed by atoms with Gasteiger partial charge in [-0.15, -0.1) is 12.6 Å². The van der Waals surface area contributed by atoms with Crippen LogP contribution >= 0.6 is 12.6 Å². The van der Waals surface area contributed by atoms with Gasteiger partial charge in [-0.3, -0.25) is 14.9 Å². The van der Waals surface area contributed by atoms with E-state index >= 15 is 0 Å². The number of nitro groups is 1. The summed E-state index contributed by atoms with van der Waals surface area (Å²) in [5.74, 6) is -0.364. The number of non-ortho nitro benzene ring substituents is 1. The first-order valence-corrected chi connectivity index (χ1v) is 9.91. The van der Waals surface area contributed by atoms with Crippen molar-refractivity contribution in [3.05, 3.63) is 88.5 Å². The number of carbonyl (C=O) groups excluding carboxylic acids is 1. The minimum absolute atomic E-state index is 0.00828. The highest BCUT2D eigenvalue weighted by molar-refractivity contribution is 7.91. The van der Waals surface area contributed by atoms with Crippen molar-refractivity contribution in [2.24, 2.45) is 0 Å². The Labute approximate surface area is 166 Å². The van der Waals surface area contributed by atoms with Crippen LogP contribution in [0.15, 0.2) is 87.5 Å². The Bertz CT molecular complexity index is 1140. The van der Waals surface area contributed by atoms with Gasteiger partial charge in [-0.1, -0.05) is 12.1 Å². The van der Waals surface area contributed by atoms with Crippen LogP contribution in [-0.2, 0) is 9.84 Å². The number of benzene rings is 3. The summed E-state index contributed by atoms with van der Waals surface area (Å²) in [7, 11) is -3.83. The number of nitro benzene ring substituents is 1. The van der Waals surface area contributed by atoms with E-state index in [1.165, 1.54) is 36.4 Å². The smallest absolute Gasteiger partial charge is 0.269 e. The molecule has 1 N–H and O–H groups in total. The summed E-state index contributed by atoms with van der Waals surface area (Å²) in [5.41, 5.74) is 0.624. The SMILES string of the molecule is O=C(Nc1ccc(S(=O)(=O)c2ccc([N+](=O)[O-])cc2)cc1)c1ccccc1S. The van der Waals surface area contributed by atoms with Gasteiger partial charge in [0.2, 0.25) is 9.84 Å². The van der Waals surface area contributed by atoms with Crippen LogP contribution in [0.5, 0.6) is 0 Å². The molecule has 0 aliphatic rings. The predicted molar refractivity (Wildman–Crippen MR) is 107 cm³/mol. The van der Waals surface area contributed by atoms with Gasteiger partial charge < -0.3 is 5.32 Å². The van der Waals surface area contributed by atoms with Crippen molar-refractivity contribution < 1.29 is 18.1 Å². The molecule has 142 valence electrons. The summed E-state index contributed by atoms with van der Waals surface area (Å²) in [5, 5.41) is 13.4. The second-order valence-corrected chi connectivity index (χ2v) is 8.18. The molecule has 0 saturated heterocycles. The molecule has 0 atom stereocenters. The molecule has 7 nitrogen and oxygen atoms in total. The number of amides is 1. The first kappa shape index (κ1) is 19.6. The largest absolute Gasteiger partial charge is 0.322 e. The number of thiol groups is 1. The Morgan fingerprint density at radius 2 is 1.43 bits per heavy atom. The standard InChI is InChI=1S/C19H14N2O5S2/c22-19(17-3-1-2-4-18(17)27)20-13-5-9-15(10-6-13)28(25,26)16-11-7-14(8-12-16)21(23)24/h1-12,27H,(H,20,22). The topological polar surface area (TPSA) is 106 Å². The van der Waals surface area contributed by atoms with Gasteiger partial charge in [0.15, 0.2) is 0 Å². The van der Waals surface area contributed by atoms with Gasteiger partial charge in [0.05, 0.1) is 20.3 Å². The van der Waals surface area contributed by atoms with Crippen molar-refractivity contribution in [2.75, 3.05) is 5.32 Å². The lowest BCUT2D eigenvalue weighted by Crippen LogP contribution is -2.12. The van der Waals surface area contributed by atoms with Crippen LogP contribution in [0.3, 0.4) is 0 Å². The third-order valence-electron chi connectivity index (χ3n) is 3.93. The summed E-state index contributed by atoms with van der Waals surface area (Å²) in [6, 6.07) is 17.1. The molecule has 1 amide bonds. The first-order valence-electron chi connectivity index (χ1n) is 7.98. The molecule has 28 heavy (non-hydrogen) atoms. The van der Waals surface area contributed by atoms with E-state index in [2.05, 4.69) is 17.9 Å². The van der Waals surface area contributed by atoms with Gasteiger partial charge in [-0.05, 0) is 48.5 Å². The highest BCUT2D eigenvalue weighted by Crippen LogP contribution is 2.24. The summed E-state index contributed by atoms with van der Waals surface area (Å²) in [6.07, 6.45) is 0. The number of hydrogen-bond acceptors (Lipinski definition) is 6. The first-order chi connectivity index (χ1) is 13.3. The molecule has 0 radical (unpaired) electrons. The van der Waals surface area contributed by atoms with Crippen LogP contribution < -0.4 is 5.32 Å². The third kappa shape index (κ3) is 4.05. The van der Waals surface area contributed by atoms with E-state index in [0.717, 1.165) is 12.1 Å². The fourth-order valence-electron chi connectivity index (χ4n) is 2.46. The second-order valence-electron chi connectivity index (χ2n) is 5.75. The maximum Gasteiger partial charge on any atom is 0.269 e. The van der Waals surface area contributed by atoms with Crippen molar-refractivity contribution in [1.29, 1.82) is 0 Å². The van der Waals surface area contributed by atoms with Crippen molar-refractivity contribution in [1.82, 2.24) is 0 Å². The molecular formula is C19H14N2O5S2. The Balaban J connectivity index is 1.80. The molecule has 0 bridgehead atoms. The minimum Gasteiger partial charge on any atom is -0.322 e. The van der Waals surface area contributed by atoms with Gasteiger partial charge in [0.25, 0.3) is 11.6 Å². The zero-order chi connectivity index (χ0) is 20.3. The van der Waals surface area contributed by atoms with E-state index in [9.17, 15) is 23.3 Å². The lowest BCUT2D eigenvalue weighted by atomic mass is 10.2. The molecule has 0 fully saturated rings. The number of sulfone groups is 1. The highest BCUT2D eigenvalue weighted by Gasteiger charge is 2.19. The Hall–Kier alpha value is -3.17. The van der Waals surface area contributed by atoms with Crippen LogP contribution in [0, 0.1) is 10.1 Å². The summed E-state index contributed by atoms with van der Waals surface area (Å²) in [4.78, 5) is 22.9. The molecule has 3 aromatic rings. The van der Waals surface area contributed by atoms with Gasteiger partial charge in [-0.25, -0.2) is 8.42 Å². The van der Waals surface area contributed by atoms with Crippen LogP contribution in [0.1, 0.15) is 10.4 Å². The Kier molecular flexibility index (Phi) is 5.48. The van der Waals surface area contributed by atoms with Gasteiger partial charge in [0, 0.05) is 22.7 Å². The van der Waals surface area contributed by atoms with Crippen molar-refractivity contribution in [3.63, 3.8) is 0 Å². The molecule has 9 heteroatoms. The molecular weight excluding hydrogens is 400 g/mol. The van der Waals surface area contributed by atoms with E-state index in [1.54, 1.807) is 24.3 Å². The normalized spacial score (nSPS) is 11.0. The molecule has 0 saturated carbocycles. The van der Waals surface area contributed by atoms with Crippen LogP contribution in [0.2, 0.25) is 0 Å². The number of anilines is 1.